The molecule has 0 aromatic heterocycles. The normalized spacial score (nSPS) is 20.0. The van der Waals surface area contributed by atoms with Crippen molar-refractivity contribution in [3.05, 3.63) is 41.6 Å². The fraction of sp³-hybridized carbons (Fsp3) is 0.375. The highest BCUT2D eigenvalue weighted by atomic mass is 19.1. The van der Waals surface area contributed by atoms with Crippen molar-refractivity contribution in [3.63, 3.8) is 0 Å². The van der Waals surface area contributed by atoms with Crippen molar-refractivity contribution in [1.82, 2.24) is 0 Å². The Morgan fingerprint density at radius 1 is 1.04 bits per heavy atom. The highest BCUT2D eigenvalue weighted by Gasteiger charge is 2.46. The number of nitrogens with one attached hydrogen (secondary N) is 1. The van der Waals surface area contributed by atoms with Crippen LogP contribution in [0.15, 0.2) is 30.0 Å². The number of rotatable bonds is 2. The first-order valence-electron chi connectivity index (χ1n) is 7.38. The monoisotopic (exact) mass is 323 g/mol. The first kappa shape index (κ1) is 15.5. The van der Waals surface area contributed by atoms with Crippen molar-refractivity contribution < 1.29 is 27.8 Å². The fourth-order valence-corrected chi connectivity index (χ4v) is 2.72. The van der Waals surface area contributed by atoms with Crippen LogP contribution in [0.4, 0.5) is 14.5 Å². The molecule has 1 N–H and O–H groups in total. The van der Waals surface area contributed by atoms with Crippen LogP contribution < -0.4 is 5.32 Å². The van der Waals surface area contributed by atoms with Gasteiger partial charge in [0, 0.05) is 25.1 Å². The topological polar surface area (TPSA) is 64.6 Å². The Bertz CT molecular complexity index is 659. The molecule has 5 nitrogen and oxygen atoms in total. The average Bonchev–Trinajstić information content (AvgIpc) is 2.49. The molecule has 3 rings (SSSR count). The zero-order chi connectivity index (χ0) is 16.4. The van der Waals surface area contributed by atoms with Crippen molar-refractivity contribution in [2.45, 2.75) is 37.9 Å². The van der Waals surface area contributed by atoms with Crippen LogP contribution >= 0.6 is 0 Å². The average molecular weight is 323 g/mol. The molecule has 0 unspecified atom stereocenters. The molecule has 122 valence electrons. The zero-order valence-electron chi connectivity index (χ0n) is 12.2. The van der Waals surface area contributed by atoms with Gasteiger partial charge in [-0.25, -0.2) is 18.4 Å². The predicted molar refractivity (Wildman–Crippen MR) is 76.1 cm³/mol. The number of esters is 2. The predicted octanol–water partition coefficient (Wildman–Crippen LogP) is 3.02. The van der Waals surface area contributed by atoms with Gasteiger partial charge in [-0.15, -0.1) is 0 Å². The molecule has 0 atom stereocenters. The summed E-state index contributed by atoms with van der Waals surface area (Å²) in [7, 11) is 0. The zero-order valence-corrected chi connectivity index (χ0v) is 12.2. The summed E-state index contributed by atoms with van der Waals surface area (Å²) in [5, 5.41) is 2.46. The van der Waals surface area contributed by atoms with Gasteiger partial charge >= 0.3 is 11.9 Å². The number of carbonyl (C=O) groups excluding carboxylic acids is 2. The molecule has 1 aromatic carbocycles. The minimum Gasteiger partial charge on any atom is -0.419 e. The molecule has 0 radical (unpaired) electrons. The Morgan fingerprint density at radius 2 is 1.70 bits per heavy atom. The van der Waals surface area contributed by atoms with Gasteiger partial charge in [-0.05, 0) is 25.0 Å². The van der Waals surface area contributed by atoms with E-state index in [0.29, 0.717) is 18.9 Å². The third kappa shape index (κ3) is 3.18. The Labute approximate surface area is 131 Å². The van der Waals surface area contributed by atoms with Crippen molar-refractivity contribution in [2.75, 3.05) is 5.32 Å². The van der Waals surface area contributed by atoms with Gasteiger partial charge in [-0.1, -0.05) is 6.42 Å². The van der Waals surface area contributed by atoms with Crippen LogP contribution in [0.5, 0.6) is 0 Å². The summed E-state index contributed by atoms with van der Waals surface area (Å²) >= 11 is 0. The number of anilines is 1. The maximum atomic E-state index is 13.5. The number of ether oxygens (including phenoxy) is 2. The highest BCUT2D eigenvalue weighted by molar-refractivity contribution is 6.15. The van der Waals surface area contributed by atoms with Crippen molar-refractivity contribution in [3.8, 4) is 0 Å². The lowest BCUT2D eigenvalue weighted by Gasteiger charge is -2.38. The molecule has 1 heterocycles. The molecule has 0 bridgehead atoms. The van der Waals surface area contributed by atoms with Crippen LogP contribution in [0.1, 0.15) is 32.1 Å². The molecule has 23 heavy (non-hydrogen) atoms. The molecule has 7 heteroatoms. The molecule has 1 aromatic rings. The van der Waals surface area contributed by atoms with E-state index in [-0.39, 0.29) is 11.3 Å². The molecule has 2 fully saturated rings. The van der Waals surface area contributed by atoms with E-state index in [2.05, 4.69) is 5.32 Å². The van der Waals surface area contributed by atoms with Crippen LogP contribution in [0.2, 0.25) is 0 Å². The summed E-state index contributed by atoms with van der Waals surface area (Å²) in [4.78, 5) is 24.1. The summed E-state index contributed by atoms with van der Waals surface area (Å²) in [5.74, 6) is -4.35. The molecule has 1 saturated carbocycles. The molecule has 1 saturated heterocycles. The van der Waals surface area contributed by atoms with E-state index >= 15 is 0 Å². The SMILES string of the molecule is O=C1OC2(CCCCC2)OC(=O)C1=CNc1ccc(F)cc1F. The Morgan fingerprint density at radius 3 is 2.30 bits per heavy atom. The third-order valence-electron chi connectivity index (χ3n) is 3.92. The minimum atomic E-state index is -1.16. The lowest BCUT2D eigenvalue weighted by atomic mass is 9.93. The van der Waals surface area contributed by atoms with Gasteiger partial charge in [0.15, 0.2) is 5.57 Å². The maximum absolute atomic E-state index is 13.5. The van der Waals surface area contributed by atoms with Gasteiger partial charge in [0.25, 0.3) is 5.79 Å². The van der Waals surface area contributed by atoms with Crippen LogP contribution in [-0.4, -0.2) is 17.7 Å². The molecule has 0 amide bonds. The molecule has 1 spiro atoms. The lowest BCUT2D eigenvalue weighted by Crippen LogP contribution is -2.47. The van der Waals surface area contributed by atoms with Gasteiger partial charge < -0.3 is 14.8 Å². The number of benzene rings is 1. The highest BCUT2D eigenvalue weighted by Crippen LogP contribution is 2.36. The molecule has 1 aliphatic heterocycles. The Balaban J connectivity index is 1.75. The first-order valence-corrected chi connectivity index (χ1v) is 7.38. The van der Waals surface area contributed by atoms with E-state index in [0.717, 1.165) is 37.6 Å². The largest absolute Gasteiger partial charge is 0.419 e. The van der Waals surface area contributed by atoms with Crippen molar-refractivity contribution in [2.24, 2.45) is 0 Å². The molecule has 1 aliphatic carbocycles. The molecule has 2 aliphatic rings. The van der Waals surface area contributed by atoms with Crippen LogP contribution in [0, 0.1) is 11.6 Å². The second-order valence-electron chi connectivity index (χ2n) is 5.58. The second kappa shape index (κ2) is 5.98. The van der Waals surface area contributed by atoms with Gasteiger partial charge in [0.1, 0.15) is 11.6 Å². The lowest BCUT2D eigenvalue weighted by molar-refractivity contribution is -0.244. The quantitative estimate of drug-likeness (QED) is 0.515. The second-order valence-corrected chi connectivity index (χ2v) is 5.58. The number of carbonyl (C=O) groups is 2. The molecular weight excluding hydrogens is 308 g/mol. The summed E-state index contributed by atoms with van der Waals surface area (Å²) in [5.41, 5.74) is -0.428. The van der Waals surface area contributed by atoms with Gasteiger partial charge in [-0.2, -0.15) is 0 Å². The van der Waals surface area contributed by atoms with E-state index in [1.54, 1.807) is 0 Å². The van der Waals surface area contributed by atoms with E-state index in [9.17, 15) is 18.4 Å². The summed E-state index contributed by atoms with van der Waals surface area (Å²) in [6, 6.07) is 2.90. The Hall–Kier alpha value is -2.44. The maximum Gasteiger partial charge on any atom is 0.350 e. The number of halogens is 2. The van der Waals surface area contributed by atoms with Crippen molar-refractivity contribution in [1.29, 1.82) is 0 Å². The standard InChI is InChI=1S/C16H15F2NO4/c17-10-4-5-13(12(18)8-10)19-9-11-14(20)22-16(23-15(11)21)6-2-1-3-7-16/h4-5,8-9,19H,1-3,6-7H2. The smallest absolute Gasteiger partial charge is 0.350 e. The number of hydrogen-bond acceptors (Lipinski definition) is 5. The van der Waals surface area contributed by atoms with Crippen LogP contribution in [0.3, 0.4) is 0 Å². The van der Waals surface area contributed by atoms with E-state index in [1.165, 1.54) is 0 Å². The van der Waals surface area contributed by atoms with E-state index in [1.807, 2.05) is 0 Å². The van der Waals surface area contributed by atoms with E-state index in [4.69, 9.17) is 9.47 Å². The Kier molecular flexibility index (Phi) is 4.02. The van der Waals surface area contributed by atoms with Gasteiger partial charge in [-0.3, -0.25) is 0 Å². The van der Waals surface area contributed by atoms with Crippen LogP contribution in [-0.2, 0) is 19.1 Å². The number of hydrogen-bond donors (Lipinski definition) is 1. The van der Waals surface area contributed by atoms with Crippen LogP contribution in [0.25, 0.3) is 0 Å². The summed E-state index contributed by atoms with van der Waals surface area (Å²) in [6.45, 7) is 0. The van der Waals surface area contributed by atoms with Crippen molar-refractivity contribution >= 4 is 17.6 Å². The summed E-state index contributed by atoms with van der Waals surface area (Å²) < 4.78 is 36.9. The first-order chi connectivity index (χ1) is 11.0. The van der Waals surface area contributed by atoms with E-state index < -0.39 is 29.4 Å². The minimum absolute atomic E-state index is 0.0718. The van der Waals surface area contributed by atoms with Gasteiger partial charge in [0.05, 0.1) is 5.69 Å². The van der Waals surface area contributed by atoms with Gasteiger partial charge in [0.2, 0.25) is 0 Å². The fourth-order valence-electron chi connectivity index (χ4n) is 2.72. The molecular formula is C16H15F2NO4. The third-order valence-corrected chi connectivity index (χ3v) is 3.92. The summed E-state index contributed by atoms with van der Waals surface area (Å²) in [6.07, 6.45) is 4.62.